The van der Waals surface area contributed by atoms with Crippen molar-refractivity contribution in [2.24, 2.45) is 0 Å². The predicted molar refractivity (Wildman–Crippen MR) is 97.4 cm³/mol. The second kappa shape index (κ2) is 7.74. The largest absolute Gasteiger partial charge is 0.497 e. The van der Waals surface area contributed by atoms with Crippen LogP contribution in [0.4, 0.5) is 0 Å². The molecular formula is C20H20N2O4. The highest BCUT2D eigenvalue weighted by atomic mass is 16.5. The van der Waals surface area contributed by atoms with Crippen molar-refractivity contribution in [1.82, 2.24) is 10.5 Å². The molecule has 6 nitrogen and oxygen atoms in total. The molecule has 26 heavy (non-hydrogen) atoms. The van der Waals surface area contributed by atoms with E-state index in [1.807, 2.05) is 42.5 Å². The van der Waals surface area contributed by atoms with E-state index >= 15 is 0 Å². The number of amides is 1. The van der Waals surface area contributed by atoms with E-state index in [4.69, 9.17) is 14.0 Å². The summed E-state index contributed by atoms with van der Waals surface area (Å²) >= 11 is 0. The first-order chi connectivity index (χ1) is 12.6. The van der Waals surface area contributed by atoms with E-state index in [2.05, 4.69) is 10.5 Å². The number of ether oxygens (including phenoxy) is 2. The lowest BCUT2D eigenvalue weighted by molar-refractivity contribution is 0.0949. The van der Waals surface area contributed by atoms with Gasteiger partial charge in [-0.3, -0.25) is 4.79 Å². The quantitative estimate of drug-likeness (QED) is 0.734. The third kappa shape index (κ3) is 3.54. The van der Waals surface area contributed by atoms with Gasteiger partial charge < -0.3 is 19.3 Å². The molecule has 0 unspecified atom stereocenters. The van der Waals surface area contributed by atoms with Crippen LogP contribution in [0.5, 0.6) is 11.5 Å². The molecule has 0 fully saturated rings. The van der Waals surface area contributed by atoms with Crippen LogP contribution in [0.15, 0.2) is 53.1 Å². The normalized spacial score (nSPS) is 10.4. The Morgan fingerprint density at radius 2 is 1.88 bits per heavy atom. The summed E-state index contributed by atoms with van der Waals surface area (Å²) in [7, 11) is 3.17. The van der Waals surface area contributed by atoms with Gasteiger partial charge in [-0.15, -0.1) is 0 Å². The smallest absolute Gasteiger partial charge is 0.257 e. The van der Waals surface area contributed by atoms with Gasteiger partial charge in [-0.05, 0) is 19.1 Å². The number of carbonyl (C=O) groups is 1. The van der Waals surface area contributed by atoms with Crippen LogP contribution < -0.4 is 14.8 Å². The van der Waals surface area contributed by atoms with Crippen molar-refractivity contribution >= 4 is 5.91 Å². The molecule has 0 radical (unpaired) electrons. The van der Waals surface area contributed by atoms with Gasteiger partial charge in [0.05, 0.1) is 14.2 Å². The number of aromatic nitrogens is 1. The van der Waals surface area contributed by atoms with Crippen molar-refractivity contribution in [3.8, 4) is 22.8 Å². The van der Waals surface area contributed by atoms with Gasteiger partial charge in [0.25, 0.3) is 5.91 Å². The molecule has 0 aliphatic carbocycles. The Hall–Kier alpha value is -3.28. The first-order valence-electron chi connectivity index (χ1n) is 8.14. The van der Waals surface area contributed by atoms with E-state index in [1.165, 1.54) is 0 Å². The molecule has 0 aliphatic heterocycles. The van der Waals surface area contributed by atoms with E-state index in [9.17, 15) is 4.79 Å². The number of nitrogens with one attached hydrogen (secondary N) is 1. The lowest BCUT2D eigenvalue weighted by Gasteiger charge is -2.11. The maximum absolute atomic E-state index is 12.7. The van der Waals surface area contributed by atoms with Crippen LogP contribution in [0, 0.1) is 6.92 Å². The van der Waals surface area contributed by atoms with Crippen LogP contribution in [0.25, 0.3) is 11.3 Å². The number of hydrogen-bond acceptors (Lipinski definition) is 5. The van der Waals surface area contributed by atoms with Gasteiger partial charge in [0.1, 0.15) is 28.5 Å². The number of hydrogen-bond donors (Lipinski definition) is 1. The number of aryl methyl sites for hydroxylation is 1. The summed E-state index contributed by atoms with van der Waals surface area (Å²) in [5.41, 5.74) is 2.64. The second-order valence-electron chi connectivity index (χ2n) is 5.69. The van der Waals surface area contributed by atoms with Crippen molar-refractivity contribution in [2.75, 3.05) is 14.2 Å². The third-order valence-electron chi connectivity index (χ3n) is 4.07. The van der Waals surface area contributed by atoms with Gasteiger partial charge in [0, 0.05) is 23.7 Å². The molecule has 1 aromatic heterocycles. The van der Waals surface area contributed by atoms with Gasteiger partial charge in [-0.1, -0.05) is 35.5 Å². The minimum atomic E-state index is -0.250. The fourth-order valence-corrected chi connectivity index (χ4v) is 2.69. The molecule has 0 saturated carbocycles. The Kier molecular flexibility index (Phi) is 5.22. The van der Waals surface area contributed by atoms with E-state index < -0.39 is 0 Å². The summed E-state index contributed by atoms with van der Waals surface area (Å²) in [6, 6.07) is 14.9. The van der Waals surface area contributed by atoms with Crippen molar-refractivity contribution in [1.29, 1.82) is 0 Å². The van der Waals surface area contributed by atoms with Crippen LogP contribution >= 0.6 is 0 Å². The average Bonchev–Trinajstić information content (AvgIpc) is 3.08. The molecule has 0 saturated heterocycles. The Morgan fingerprint density at radius 1 is 1.12 bits per heavy atom. The van der Waals surface area contributed by atoms with Gasteiger partial charge in [-0.25, -0.2) is 0 Å². The van der Waals surface area contributed by atoms with Crippen molar-refractivity contribution in [3.63, 3.8) is 0 Å². The first-order valence-corrected chi connectivity index (χ1v) is 8.14. The number of benzene rings is 2. The van der Waals surface area contributed by atoms with E-state index in [1.54, 1.807) is 27.2 Å². The van der Waals surface area contributed by atoms with E-state index in [0.29, 0.717) is 35.1 Å². The molecule has 1 heterocycles. The maximum Gasteiger partial charge on any atom is 0.257 e. The van der Waals surface area contributed by atoms with Crippen LogP contribution in [0.2, 0.25) is 0 Å². The van der Waals surface area contributed by atoms with Crippen LogP contribution in [0.1, 0.15) is 21.7 Å². The average molecular weight is 352 g/mol. The summed E-state index contributed by atoms with van der Waals surface area (Å²) in [5.74, 6) is 1.57. The monoisotopic (exact) mass is 352 g/mol. The topological polar surface area (TPSA) is 73.6 Å². The predicted octanol–water partition coefficient (Wildman–Crippen LogP) is 3.60. The summed E-state index contributed by atoms with van der Waals surface area (Å²) < 4.78 is 15.8. The highest BCUT2D eigenvalue weighted by Crippen LogP contribution is 2.26. The van der Waals surface area contributed by atoms with E-state index in [-0.39, 0.29) is 5.91 Å². The molecule has 134 valence electrons. The van der Waals surface area contributed by atoms with Gasteiger partial charge in [-0.2, -0.15) is 0 Å². The fraction of sp³-hybridized carbons (Fsp3) is 0.200. The number of rotatable bonds is 6. The van der Waals surface area contributed by atoms with Gasteiger partial charge in [0.2, 0.25) is 0 Å². The molecule has 3 aromatic rings. The Labute approximate surface area is 151 Å². The molecule has 1 N–H and O–H groups in total. The van der Waals surface area contributed by atoms with Crippen LogP contribution in [-0.2, 0) is 6.54 Å². The molecular weight excluding hydrogens is 332 g/mol. The highest BCUT2D eigenvalue weighted by Gasteiger charge is 2.21. The number of methoxy groups -OCH3 is 2. The van der Waals surface area contributed by atoms with Crippen molar-refractivity contribution in [3.05, 3.63) is 65.4 Å². The Balaban J connectivity index is 1.81. The van der Waals surface area contributed by atoms with Gasteiger partial charge in [0.15, 0.2) is 0 Å². The Bertz CT molecular complexity index is 903. The minimum absolute atomic E-state index is 0.250. The molecule has 3 rings (SSSR count). The van der Waals surface area contributed by atoms with Crippen LogP contribution in [0.3, 0.4) is 0 Å². The summed E-state index contributed by atoms with van der Waals surface area (Å²) in [4.78, 5) is 12.7. The maximum atomic E-state index is 12.7. The molecule has 1 amide bonds. The second-order valence-corrected chi connectivity index (χ2v) is 5.69. The molecule has 0 aliphatic rings. The zero-order chi connectivity index (χ0) is 18.5. The van der Waals surface area contributed by atoms with Gasteiger partial charge >= 0.3 is 0 Å². The lowest BCUT2D eigenvalue weighted by Crippen LogP contribution is -2.24. The summed E-state index contributed by atoms with van der Waals surface area (Å²) in [5, 5.41) is 6.95. The number of nitrogens with zero attached hydrogens (tertiary/aromatic N) is 1. The first kappa shape index (κ1) is 17.5. The molecule has 0 atom stereocenters. The van der Waals surface area contributed by atoms with Crippen molar-refractivity contribution in [2.45, 2.75) is 13.5 Å². The highest BCUT2D eigenvalue weighted by molar-refractivity contribution is 6.00. The summed E-state index contributed by atoms with van der Waals surface area (Å²) in [6.45, 7) is 2.03. The molecule has 6 heteroatoms. The zero-order valence-corrected chi connectivity index (χ0v) is 14.9. The third-order valence-corrected chi connectivity index (χ3v) is 4.07. The minimum Gasteiger partial charge on any atom is -0.497 e. The van der Waals surface area contributed by atoms with Crippen LogP contribution in [-0.4, -0.2) is 25.3 Å². The zero-order valence-electron chi connectivity index (χ0n) is 14.9. The Morgan fingerprint density at radius 3 is 2.58 bits per heavy atom. The van der Waals surface area contributed by atoms with E-state index in [0.717, 1.165) is 11.1 Å². The molecule has 2 aromatic carbocycles. The van der Waals surface area contributed by atoms with Crippen molar-refractivity contribution < 1.29 is 18.8 Å². The SMILES string of the molecule is COc1ccc(CNC(=O)c2c(-c3ccccc3)noc2C)c(OC)c1. The standard InChI is InChI=1S/C20H20N2O4/c1-13-18(19(22-26-13)14-7-5-4-6-8-14)20(23)21-12-15-9-10-16(24-2)11-17(15)25-3/h4-11H,12H2,1-3H3,(H,21,23). The summed E-state index contributed by atoms with van der Waals surface area (Å²) in [6.07, 6.45) is 0. The lowest BCUT2D eigenvalue weighted by atomic mass is 10.1. The fourth-order valence-electron chi connectivity index (χ4n) is 2.69. The molecule has 0 bridgehead atoms. The number of carbonyl (C=O) groups excluding carboxylic acids is 1. The molecule has 0 spiro atoms.